The van der Waals surface area contributed by atoms with Gasteiger partial charge in [-0.3, -0.25) is 4.79 Å². The van der Waals surface area contributed by atoms with Crippen LogP contribution in [0.25, 0.3) is 0 Å². The van der Waals surface area contributed by atoms with Gasteiger partial charge in [-0.15, -0.1) is 0 Å². The van der Waals surface area contributed by atoms with Crippen LogP contribution in [0.1, 0.15) is 18.4 Å². The molecular formula is C9H14N2O2. The van der Waals surface area contributed by atoms with Gasteiger partial charge in [-0.25, -0.2) is 0 Å². The highest BCUT2D eigenvalue weighted by molar-refractivity contribution is 5.75. The van der Waals surface area contributed by atoms with Crippen molar-refractivity contribution in [3.05, 3.63) is 24.0 Å². The third-order valence-corrected chi connectivity index (χ3v) is 1.71. The Kier molecular flexibility index (Phi) is 4.05. The zero-order valence-corrected chi connectivity index (χ0v) is 7.42. The molecule has 0 saturated carbocycles. The van der Waals surface area contributed by atoms with Crippen molar-refractivity contribution in [2.24, 2.45) is 0 Å². The van der Waals surface area contributed by atoms with E-state index in [1.54, 1.807) is 0 Å². The Bertz CT molecular complexity index is 244. The first kappa shape index (κ1) is 9.80. The van der Waals surface area contributed by atoms with Gasteiger partial charge in [0.2, 0.25) is 5.91 Å². The van der Waals surface area contributed by atoms with Gasteiger partial charge in [-0.2, -0.15) is 0 Å². The number of hydrogen-bond donors (Lipinski definition) is 3. The summed E-state index contributed by atoms with van der Waals surface area (Å²) in [6.45, 7) is 0.616. The summed E-state index contributed by atoms with van der Waals surface area (Å²) >= 11 is 0. The van der Waals surface area contributed by atoms with Gasteiger partial charge in [0.15, 0.2) is 0 Å². The molecule has 0 bridgehead atoms. The lowest BCUT2D eigenvalue weighted by atomic mass is 10.3. The van der Waals surface area contributed by atoms with Gasteiger partial charge in [0, 0.05) is 32.0 Å². The van der Waals surface area contributed by atoms with Crippen molar-refractivity contribution >= 4 is 5.91 Å². The molecular weight excluding hydrogens is 168 g/mol. The molecule has 0 unspecified atom stereocenters. The average Bonchev–Trinajstić information content (AvgIpc) is 2.64. The zero-order valence-electron chi connectivity index (χ0n) is 7.42. The molecule has 1 heterocycles. The number of aliphatic hydroxyl groups excluding tert-OH is 1. The van der Waals surface area contributed by atoms with E-state index in [0.717, 1.165) is 5.56 Å². The summed E-state index contributed by atoms with van der Waals surface area (Å²) in [4.78, 5) is 14.0. The minimum atomic E-state index is -0.0183. The molecule has 0 spiro atoms. The molecule has 0 aliphatic heterocycles. The number of aliphatic hydroxyl groups is 1. The van der Waals surface area contributed by atoms with Crippen molar-refractivity contribution in [2.45, 2.75) is 19.4 Å². The minimum Gasteiger partial charge on any atom is -0.396 e. The molecule has 1 aromatic rings. The molecule has 0 radical (unpaired) electrons. The van der Waals surface area contributed by atoms with E-state index in [0.29, 0.717) is 19.4 Å². The van der Waals surface area contributed by atoms with Crippen LogP contribution in [0.5, 0.6) is 0 Å². The van der Waals surface area contributed by atoms with Crippen LogP contribution in [0.3, 0.4) is 0 Å². The van der Waals surface area contributed by atoms with E-state index in [1.807, 2.05) is 18.5 Å². The topological polar surface area (TPSA) is 65.1 Å². The Morgan fingerprint density at radius 3 is 3.08 bits per heavy atom. The van der Waals surface area contributed by atoms with Crippen molar-refractivity contribution in [3.63, 3.8) is 0 Å². The van der Waals surface area contributed by atoms with Crippen molar-refractivity contribution < 1.29 is 9.90 Å². The first-order valence-electron chi connectivity index (χ1n) is 4.32. The number of carbonyl (C=O) groups is 1. The second-order valence-electron chi connectivity index (χ2n) is 2.82. The highest BCUT2D eigenvalue weighted by atomic mass is 16.3. The van der Waals surface area contributed by atoms with E-state index in [-0.39, 0.29) is 12.5 Å². The van der Waals surface area contributed by atoms with Crippen LogP contribution >= 0.6 is 0 Å². The predicted octanol–water partition coefficient (Wildman–Crippen LogP) is 0.403. The van der Waals surface area contributed by atoms with Crippen LogP contribution in [0.2, 0.25) is 0 Å². The number of nitrogens with one attached hydrogen (secondary N) is 2. The predicted molar refractivity (Wildman–Crippen MR) is 49.0 cm³/mol. The lowest BCUT2D eigenvalue weighted by molar-refractivity contribution is -0.121. The summed E-state index contributed by atoms with van der Waals surface area (Å²) in [5.41, 5.74) is 1.05. The molecule has 0 aromatic carbocycles. The Morgan fingerprint density at radius 1 is 1.62 bits per heavy atom. The number of H-pyrrole nitrogens is 1. The normalized spacial score (nSPS) is 9.92. The Labute approximate surface area is 77.0 Å². The minimum absolute atomic E-state index is 0.0183. The van der Waals surface area contributed by atoms with E-state index in [9.17, 15) is 4.79 Å². The highest BCUT2D eigenvalue weighted by Crippen LogP contribution is 1.95. The molecule has 0 fully saturated rings. The lowest BCUT2D eigenvalue weighted by Crippen LogP contribution is -2.22. The molecule has 1 rings (SSSR count). The Morgan fingerprint density at radius 2 is 2.46 bits per heavy atom. The summed E-state index contributed by atoms with van der Waals surface area (Å²) < 4.78 is 0. The highest BCUT2D eigenvalue weighted by Gasteiger charge is 1.99. The molecule has 13 heavy (non-hydrogen) atoms. The number of aromatic amines is 1. The second-order valence-corrected chi connectivity index (χ2v) is 2.82. The maximum Gasteiger partial charge on any atom is 0.220 e. The largest absolute Gasteiger partial charge is 0.396 e. The number of hydrogen-bond acceptors (Lipinski definition) is 2. The van der Waals surface area contributed by atoms with E-state index < -0.39 is 0 Å². The smallest absolute Gasteiger partial charge is 0.220 e. The molecule has 72 valence electrons. The van der Waals surface area contributed by atoms with Gasteiger partial charge in [0.05, 0.1) is 0 Å². The van der Waals surface area contributed by atoms with Gasteiger partial charge in [-0.05, 0) is 18.1 Å². The maximum absolute atomic E-state index is 11.1. The Balaban J connectivity index is 2.15. The first-order chi connectivity index (χ1) is 6.33. The van der Waals surface area contributed by atoms with Crippen LogP contribution in [-0.2, 0) is 11.3 Å². The molecule has 4 nitrogen and oxygen atoms in total. The molecule has 0 aliphatic carbocycles. The summed E-state index contributed by atoms with van der Waals surface area (Å²) in [7, 11) is 0. The molecule has 0 aliphatic rings. The van der Waals surface area contributed by atoms with E-state index >= 15 is 0 Å². The molecule has 3 N–H and O–H groups in total. The monoisotopic (exact) mass is 182 g/mol. The fraction of sp³-hybridized carbons (Fsp3) is 0.444. The number of aromatic nitrogens is 1. The summed E-state index contributed by atoms with van der Waals surface area (Å²) in [5, 5.41) is 11.2. The van der Waals surface area contributed by atoms with Gasteiger partial charge >= 0.3 is 0 Å². The fourth-order valence-corrected chi connectivity index (χ4v) is 0.997. The lowest BCUT2D eigenvalue weighted by Gasteiger charge is -2.01. The van der Waals surface area contributed by atoms with Crippen LogP contribution in [-0.4, -0.2) is 22.6 Å². The third kappa shape index (κ3) is 3.75. The fourth-order valence-electron chi connectivity index (χ4n) is 0.997. The van der Waals surface area contributed by atoms with Gasteiger partial charge in [0.25, 0.3) is 0 Å². The van der Waals surface area contributed by atoms with Crippen LogP contribution in [0.4, 0.5) is 0 Å². The van der Waals surface area contributed by atoms with Gasteiger partial charge < -0.3 is 15.4 Å². The summed E-state index contributed by atoms with van der Waals surface area (Å²) in [6, 6.07) is 1.91. The van der Waals surface area contributed by atoms with Crippen molar-refractivity contribution in [1.29, 1.82) is 0 Å². The second kappa shape index (κ2) is 5.37. The Hall–Kier alpha value is -1.29. The van der Waals surface area contributed by atoms with Crippen LogP contribution < -0.4 is 5.32 Å². The number of amides is 1. The van der Waals surface area contributed by atoms with Crippen molar-refractivity contribution in [1.82, 2.24) is 10.3 Å². The first-order valence-corrected chi connectivity index (χ1v) is 4.32. The van der Waals surface area contributed by atoms with E-state index in [4.69, 9.17) is 5.11 Å². The maximum atomic E-state index is 11.1. The molecule has 4 heteroatoms. The standard InChI is InChI=1S/C9H14N2O2/c12-5-1-2-9(13)11-7-8-3-4-10-6-8/h3-4,6,10,12H,1-2,5,7H2,(H,11,13). The van der Waals surface area contributed by atoms with E-state index in [2.05, 4.69) is 10.3 Å². The van der Waals surface area contributed by atoms with Crippen molar-refractivity contribution in [3.8, 4) is 0 Å². The molecule has 1 amide bonds. The molecule has 1 aromatic heterocycles. The number of rotatable bonds is 5. The quantitative estimate of drug-likeness (QED) is 0.617. The summed E-state index contributed by atoms with van der Waals surface area (Å²) in [6.07, 6.45) is 4.57. The van der Waals surface area contributed by atoms with Crippen molar-refractivity contribution in [2.75, 3.05) is 6.61 Å². The van der Waals surface area contributed by atoms with Gasteiger partial charge in [0.1, 0.15) is 0 Å². The third-order valence-electron chi connectivity index (χ3n) is 1.71. The van der Waals surface area contributed by atoms with Crippen LogP contribution in [0, 0.1) is 0 Å². The number of carbonyl (C=O) groups excluding carboxylic acids is 1. The average molecular weight is 182 g/mol. The molecule has 0 atom stereocenters. The SMILES string of the molecule is O=C(CCCO)NCc1cc[nH]c1. The zero-order chi connectivity index (χ0) is 9.52. The van der Waals surface area contributed by atoms with E-state index in [1.165, 1.54) is 0 Å². The van der Waals surface area contributed by atoms with Gasteiger partial charge in [-0.1, -0.05) is 0 Å². The summed E-state index contributed by atoms with van der Waals surface area (Å²) in [5.74, 6) is -0.0183. The van der Waals surface area contributed by atoms with Crippen LogP contribution in [0.15, 0.2) is 18.5 Å². The molecule has 0 saturated heterocycles.